The lowest BCUT2D eigenvalue weighted by Crippen LogP contribution is -2.19. The number of nitrogens with one attached hydrogen (secondary N) is 2. The largest absolute Gasteiger partial charge is 0.307 e. The first-order chi connectivity index (χ1) is 9.83. The highest BCUT2D eigenvalue weighted by Gasteiger charge is 2.21. The Bertz CT molecular complexity index is 788. The third-order valence-electron chi connectivity index (χ3n) is 2.42. The minimum absolute atomic E-state index is 0.0572. The molecule has 0 atom stereocenters. The van der Waals surface area contributed by atoms with E-state index in [2.05, 4.69) is 31.1 Å². The van der Waals surface area contributed by atoms with Crippen molar-refractivity contribution in [3.05, 3.63) is 45.8 Å². The van der Waals surface area contributed by atoms with Crippen LogP contribution in [-0.2, 0) is 10.0 Å². The van der Waals surface area contributed by atoms with Gasteiger partial charge in [-0.15, -0.1) is 0 Å². The highest BCUT2D eigenvalue weighted by Crippen LogP contribution is 2.28. The fraction of sp³-hybridized carbons (Fsp3) is 0. The molecule has 0 unspecified atom stereocenters. The number of halogens is 3. The van der Waals surface area contributed by atoms with Crippen molar-refractivity contribution in [1.82, 2.24) is 4.98 Å². The summed E-state index contributed by atoms with van der Waals surface area (Å²) < 4.78 is 40.5. The van der Waals surface area contributed by atoms with Gasteiger partial charge in [0.1, 0.15) is 10.7 Å². The van der Waals surface area contributed by atoms with Crippen molar-refractivity contribution in [2.75, 3.05) is 10.1 Å². The third kappa shape index (κ3) is 3.62. The number of nitrogen functional groups attached to an aromatic ring is 1. The standard InChI is InChI=1S/C11H9BrClFN4O2S/c12-6-3-10(11(17-15)16-5-6)21(19,20)18-9-4-7(14)1-2-8(9)13/h1-5,18H,15H2,(H,16,17). The van der Waals surface area contributed by atoms with E-state index in [0.717, 1.165) is 12.1 Å². The van der Waals surface area contributed by atoms with Gasteiger partial charge in [-0.25, -0.2) is 23.6 Å². The Balaban J connectivity index is 2.48. The topological polar surface area (TPSA) is 97.1 Å². The van der Waals surface area contributed by atoms with Crippen molar-refractivity contribution in [2.45, 2.75) is 4.90 Å². The molecular weight excluding hydrogens is 387 g/mol. The van der Waals surface area contributed by atoms with Crippen LogP contribution in [0.5, 0.6) is 0 Å². The van der Waals surface area contributed by atoms with Crippen molar-refractivity contribution < 1.29 is 12.8 Å². The zero-order chi connectivity index (χ0) is 15.6. The van der Waals surface area contributed by atoms with Crippen molar-refractivity contribution in [1.29, 1.82) is 0 Å². The molecule has 1 heterocycles. The number of hydrogen-bond acceptors (Lipinski definition) is 5. The molecule has 0 fully saturated rings. The molecule has 0 aliphatic carbocycles. The van der Waals surface area contributed by atoms with Crippen LogP contribution in [0.2, 0.25) is 5.02 Å². The molecule has 1 aromatic carbocycles. The second kappa shape index (κ2) is 6.14. The van der Waals surface area contributed by atoms with E-state index in [1.54, 1.807) is 0 Å². The maximum absolute atomic E-state index is 13.2. The average Bonchev–Trinajstić information content (AvgIpc) is 2.42. The molecule has 2 rings (SSSR count). The van der Waals surface area contributed by atoms with E-state index in [0.29, 0.717) is 4.47 Å². The summed E-state index contributed by atoms with van der Waals surface area (Å²) in [5, 5.41) is 0.0604. The highest BCUT2D eigenvalue weighted by molar-refractivity contribution is 9.10. The number of pyridine rings is 1. The first kappa shape index (κ1) is 16.0. The molecule has 4 N–H and O–H groups in total. The summed E-state index contributed by atoms with van der Waals surface area (Å²) in [6.07, 6.45) is 1.38. The van der Waals surface area contributed by atoms with Crippen LogP contribution in [0, 0.1) is 5.82 Å². The fourth-order valence-corrected chi connectivity index (χ4v) is 3.43. The maximum atomic E-state index is 13.2. The predicted octanol–water partition coefficient (Wildman–Crippen LogP) is 2.72. The van der Waals surface area contributed by atoms with Gasteiger partial charge in [-0.2, -0.15) is 0 Å². The molecule has 0 spiro atoms. The van der Waals surface area contributed by atoms with Gasteiger partial charge in [0.05, 0.1) is 10.7 Å². The summed E-state index contributed by atoms with van der Waals surface area (Å²) in [6.45, 7) is 0. The molecule has 1 aromatic heterocycles. The number of nitrogens with two attached hydrogens (primary N) is 1. The van der Waals surface area contributed by atoms with Gasteiger partial charge in [0.15, 0.2) is 5.82 Å². The number of hydrazine groups is 1. The predicted molar refractivity (Wildman–Crippen MR) is 82.0 cm³/mol. The van der Waals surface area contributed by atoms with Crippen LogP contribution in [0.4, 0.5) is 15.9 Å². The molecule has 0 saturated heterocycles. The molecule has 2 aromatic rings. The summed E-state index contributed by atoms with van der Waals surface area (Å²) in [5.41, 5.74) is 2.10. The Morgan fingerprint density at radius 3 is 2.71 bits per heavy atom. The van der Waals surface area contributed by atoms with Gasteiger partial charge >= 0.3 is 0 Å². The molecular formula is C11H9BrClFN4O2S. The molecule has 0 bridgehead atoms. The van der Waals surface area contributed by atoms with Gasteiger partial charge in [0.2, 0.25) is 0 Å². The molecule has 6 nitrogen and oxygen atoms in total. The number of hydrogen-bond donors (Lipinski definition) is 3. The van der Waals surface area contributed by atoms with Crippen LogP contribution in [-0.4, -0.2) is 13.4 Å². The number of anilines is 2. The van der Waals surface area contributed by atoms with Crippen molar-refractivity contribution in [3.8, 4) is 0 Å². The Morgan fingerprint density at radius 2 is 2.05 bits per heavy atom. The Labute approximate surface area is 133 Å². The highest BCUT2D eigenvalue weighted by atomic mass is 79.9. The third-order valence-corrected chi connectivity index (χ3v) is 4.56. The van der Waals surface area contributed by atoms with Gasteiger partial charge in [-0.3, -0.25) is 4.72 Å². The molecule has 21 heavy (non-hydrogen) atoms. The van der Waals surface area contributed by atoms with Crippen LogP contribution in [0.1, 0.15) is 0 Å². The quantitative estimate of drug-likeness (QED) is 0.546. The summed E-state index contributed by atoms with van der Waals surface area (Å²) >= 11 is 8.96. The van der Waals surface area contributed by atoms with Crippen molar-refractivity contribution >= 4 is 49.1 Å². The zero-order valence-electron chi connectivity index (χ0n) is 10.3. The molecule has 0 radical (unpaired) electrons. The Hall–Kier alpha value is -1.42. The smallest absolute Gasteiger partial charge is 0.265 e. The van der Waals surface area contributed by atoms with Crippen LogP contribution >= 0.6 is 27.5 Å². The zero-order valence-corrected chi connectivity index (χ0v) is 13.4. The van der Waals surface area contributed by atoms with Crippen LogP contribution in [0.15, 0.2) is 39.8 Å². The lowest BCUT2D eigenvalue weighted by atomic mass is 10.3. The van der Waals surface area contributed by atoms with E-state index < -0.39 is 15.8 Å². The number of rotatable bonds is 4. The first-order valence-corrected chi connectivity index (χ1v) is 8.09. The van der Waals surface area contributed by atoms with E-state index in [9.17, 15) is 12.8 Å². The summed E-state index contributed by atoms with van der Waals surface area (Å²) in [4.78, 5) is 3.63. The number of benzene rings is 1. The molecule has 0 aliphatic rings. The summed E-state index contributed by atoms with van der Waals surface area (Å²) in [7, 11) is -4.05. The van der Waals surface area contributed by atoms with Crippen LogP contribution < -0.4 is 16.0 Å². The van der Waals surface area contributed by atoms with Crippen molar-refractivity contribution in [3.63, 3.8) is 0 Å². The minimum Gasteiger partial charge on any atom is -0.307 e. The first-order valence-electron chi connectivity index (χ1n) is 5.43. The van der Waals surface area contributed by atoms with E-state index in [4.69, 9.17) is 17.4 Å². The Kier molecular flexibility index (Phi) is 4.67. The molecule has 10 heteroatoms. The van der Waals surface area contributed by atoms with Crippen molar-refractivity contribution in [2.24, 2.45) is 5.84 Å². The van der Waals surface area contributed by atoms with Gasteiger partial charge in [0, 0.05) is 10.7 Å². The second-order valence-electron chi connectivity index (χ2n) is 3.87. The molecule has 0 amide bonds. The van der Waals surface area contributed by atoms with E-state index in [1.807, 2.05) is 0 Å². The SMILES string of the molecule is NNc1ncc(Br)cc1S(=O)(=O)Nc1cc(F)ccc1Cl. The molecule has 0 aliphatic heterocycles. The number of nitrogens with zero attached hydrogens (tertiary/aromatic N) is 1. The Morgan fingerprint density at radius 1 is 1.33 bits per heavy atom. The molecule has 0 saturated carbocycles. The lowest BCUT2D eigenvalue weighted by molar-refractivity contribution is 0.601. The lowest BCUT2D eigenvalue weighted by Gasteiger charge is -2.12. The number of aromatic nitrogens is 1. The van der Waals surface area contributed by atoms with E-state index in [-0.39, 0.29) is 21.4 Å². The van der Waals surface area contributed by atoms with Crippen LogP contribution in [0.25, 0.3) is 0 Å². The maximum Gasteiger partial charge on any atom is 0.265 e. The normalized spacial score (nSPS) is 11.2. The summed E-state index contributed by atoms with van der Waals surface area (Å²) in [5.74, 6) is 4.56. The van der Waals surface area contributed by atoms with E-state index >= 15 is 0 Å². The van der Waals surface area contributed by atoms with Gasteiger partial charge < -0.3 is 5.43 Å². The summed E-state index contributed by atoms with van der Waals surface area (Å²) in [6, 6.07) is 4.64. The van der Waals surface area contributed by atoms with Crippen LogP contribution in [0.3, 0.4) is 0 Å². The van der Waals surface area contributed by atoms with E-state index in [1.165, 1.54) is 18.3 Å². The second-order valence-corrected chi connectivity index (χ2v) is 6.85. The minimum atomic E-state index is -4.05. The van der Waals surface area contributed by atoms with Gasteiger partial charge in [-0.05, 0) is 40.2 Å². The van der Waals surface area contributed by atoms with Gasteiger partial charge in [0.25, 0.3) is 10.0 Å². The monoisotopic (exact) mass is 394 g/mol. The molecule has 112 valence electrons. The fourth-order valence-electron chi connectivity index (χ4n) is 1.51. The average molecular weight is 396 g/mol. The number of sulfonamides is 1. The van der Waals surface area contributed by atoms with Gasteiger partial charge in [-0.1, -0.05) is 11.6 Å².